The van der Waals surface area contributed by atoms with E-state index in [1.807, 2.05) is 0 Å². The number of hydrogen-bond acceptors (Lipinski definition) is 2. The maximum atomic E-state index is 12.2. The Labute approximate surface area is 156 Å². The molecular weight excluding hydrogens is 336 g/mol. The molecule has 140 valence electrons. The summed E-state index contributed by atoms with van der Waals surface area (Å²) in [6.45, 7) is 5.59. The highest BCUT2D eigenvalue weighted by Crippen LogP contribution is 2.15. The third-order valence-corrected chi connectivity index (χ3v) is 4.27. The Hall–Kier alpha value is -1.55. The minimum absolute atomic E-state index is 0.184. The first-order valence-electron chi connectivity index (χ1n) is 9.45. The van der Waals surface area contributed by atoms with E-state index in [0.717, 1.165) is 25.7 Å². The summed E-state index contributed by atoms with van der Waals surface area (Å²) < 4.78 is 0. The average Bonchev–Trinajstić information content (AvgIpc) is 2.60. The van der Waals surface area contributed by atoms with E-state index in [-0.39, 0.29) is 11.8 Å². The number of carbonyl (C=O) groups excluding carboxylic acids is 2. The molecule has 0 aromatic heterocycles. The van der Waals surface area contributed by atoms with Gasteiger partial charge < -0.3 is 10.6 Å². The zero-order valence-corrected chi connectivity index (χ0v) is 16.3. The fourth-order valence-corrected chi connectivity index (χ4v) is 2.80. The summed E-state index contributed by atoms with van der Waals surface area (Å²) in [5.41, 5.74) is 0.859. The van der Waals surface area contributed by atoms with Crippen LogP contribution >= 0.6 is 11.6 Å². The van der Waals surface area contributed by atoms with E-state index in [2.05, 4.69) is 24.5 Å². The summed E-state index contributed by atoms with van der Waals surface area (Å²) in [6.07, 6.45) is 8.83. The van der Waals surface area contributed by atoms with Gasteiger partial charge in [-0.25, -0.2) is 0 Å². The molecular formula is C20H31ClN2O2. The van der Waals surface area contributed by atoms with Crippen molar-refractivity contribution in [1.82, 2.24) is 10.6 Å². The first kappa shape index (κ1) is 21.5. The minimum atomic E-state index is -0.184. The monoisotopic (exact) mass is 366 g/mol. The van der Waals surface area contributed by atoms with Gasteiger partial charge in [0.2, 0.25) is 0 Å². The number of hydrogen-bond donors (Lipinski definition) is 2. The van der Waals surface area contributed by atoms with Crippen LogP contribution in [-0.4, -0.2) is 24.9 Å². The van der Waals surface area contributed by atoms with Crippen molar-refractivity contribution >= 4 is 23.4 Å². The van der Waals surface area contributed by atoms with Crippen LogP contribution in [0.1, 0.15) is 85.9 Å². The second-order valence-electron chi connectivity index (χ2n) is 6.36. The maximum absolute atomic E-state index is 12.2. The van der Waals surface area contributed by atoms with Crippen molar-refractivity contribution in [3.8, 4) is 0 Å². The van der Waals surface area contributed by atoms with Gasteiger partial charge in [0.1, 0.15) is 0 Å². The number of benzene rings is 1. The van der Waals surface area contributed by atoms with E-state index in [0.29, 0.717) is 29.2 Å². The topological polar surface area (TPSA) is 58.2 Å². The second-order valence-corrected chi connectivity index (χ2v) is 6.80. The lowest BCUT2D eigenvalue weighted by Gasteiger charge is -2.09. The molecule has 0 saturated carbocycles. The summed E-state index contributed by atoms with van der Waals surface area (Å²) >= 11 is 6.08. The van der Waals surface area contributed by atoms with E-state index >= 15 is 0 Å². The van der Waals surface area contributed by atoms with Crippen LogP contribution in [0.25, 0.3) is 0 Å². The van der Waals surface area contributed by atoms with E-state index in [4.69, 9.17) is 11.6 Å². The molecule has 0 unspecified atom stereocenters. The van der Waals surface area contributed by atoms with Gasteiger partial charge in [-0.3, -0.25) is 9.59 Å². The number of amides is 2. The van der Waals surface area contributed by atoms with Crippen LogP contribution in [0.4, 0.5) is 0 Å². The molecule has 2 N–H and O–H groups in total. The Bertz CT molecular complexity index is 502. The number of rotatable bonds is 12. The molecule has 2 amide bonds. The quantitative estimate of drug-likeness (QED) is 0.513. The smallest absolute Gasteiger partial charge is 0.251 e. The SMILES string of the molecule is CCCCCCNC(=O)c1cc(Cl)cc(C(=O)NCCCCCC)c1. The number of unbranched alkanes of at least 4 members (excludes halogenated alkanes) is 6. The third kappa shape index (κ3) is 8.92. The number of nitrogens with one attached hydrogen (secondary N) is 2. The number of carbonyl (C=O) groups is 2. The molecule has 0 bridgehead atoms. The molecule has 0 spiro atoms. The Morgan fingerprint density at radius 1 is 0.760 bits per heavy atom. The first-order valence-corrected chi connectivity index (χ1v) is 9.83. The van der Waals surface area contributed by atoms with Gasteiger partial charge in [0.15, 0.2) is 0 Å². The largest absolute Gasteiger partial charge is 0.352 e. The van der Waals surface area contributed by atoms with Crippen molar-refractivity contribution in [1.29, 1.82) is 0 Å². The molecule has 0 radical (unpaired) electrons. The summed E-state index contributed by atoms with van der Waals surface area (Å²) in [5.74, 6) is -0.369. The van der Waals surface area contributed by atoms with E-state index in [9.17, 15) is 9.59 Å². The van der Waals surface area contributed by atoms with Gasteiger partial charge in [-0.15, -0.1) is 0 Å². The Morgan fingerprint density at radius 2 is 1.20 bits per heavy atom. The standard InChI is InChI=1S/C20H31ClN2O2/c1-3-5-7-9-11-22-19(24)16-13-17(15-18(21)14-16)20(25)23-12-10-8-6-4-2/h13-15H,3-12H2,1-2H3,(H,22,24)(H,23,25). The van der Waals surface area contributed by atoms with Gasteiger partial charge in [-0.1, -0.05) is 64.0 Å². The van der Waals surface area contributed by atoms with Crippen LogP contribution in [-0.2, 0) is 0 Å². The molecule has 0 atom stereocenters. The number of halogens is 1. The molecule has 0 fully saturated rings. The molecule has 1 aromatic rings. The second kappa shape index (κ2) is 12.8. The molecule has 5 heteroatoms. The van der Waals surface area contributed by atoms with Gasteiger partial charge >= 0.3 is 0 Å². The fourth-order valence-electron chi connectivity index (χ4n) is 2.56. The third-order valence-electron chi connectivity index (χ3n) is 4.05. The summed E-state index contributed by atoms with van der Waals surface area (Å²) in [7, 11) is 0. The highest BCUT2D eigenvalue weighted by molar-refractivity contribution is 6.31. The van der Waals surface area contributed by atoms with Crippen molar-refractivity contribution in [2.24, 2.45) is 0 Å². The van der Waals surface area contributed by atoms with E-state index < -0.39 is 0 Å². The van der Waals surface area contributed by atoms with Gasteiger partial charge in [0, 0.05) is 29.2 Å². The molecule has 1 rings (SSSR count). The van der Waals surface area contributed by atoms with Gasteiger partial charge in [-0.05, 0) is 31.0 Å². The molecule has 4 nitrogen and oxygen atoms in total. The zero-order valence-electron chi connectivity index (χ0n) is 15.5. The van der Waals surface area contributed by atoms with Crippen molar-refractivity contribution in [3.05, 3.63) is 34.3 Å². The average molecular weight is 367 g/mol. The lowest BCUT2D eigenvalue weighted by molar-refractivity contribution is 0.0952. The van der Waals surface area contributed by atoms with E-state index in [1.165, 1.54) is 25.7 Å². The Balaban J connectivity index is 2.53. The maximum Gasteiger partial charge on any atom is 0.251 e. The molecule has 0 aliphatic heterocycles. The van der Waals surface area contributed by atoms with Gasteiger partial charge in [0.25, 0.3) is 11.8 Å². The van der Waals surface area contributed by atoms with Crippen LogP contribution in [0.2, 0.25) is 5.02 Å². The lowest BCUT2D eigenvalue weighted by Crippen LogP contribution is -2.27. The summed E-state index contributed by atoms with van der Waals surface area (Å²) in [4.78, 5) is 24.5. The molecule has 0 heterocycles. The Kier molecular flexibility index (Phi) is 11.0. The van der Waals surface area contributed by atoms with Crippen molar-refractivity contribution in [2.75, 3.05) is 13.1 Å². The predicted molar refractivity (Wildman–Crippen MR) is 104 cm³/mol. The summed E-state index contributed by atoms with van der Waals surface area (Å²) in [6, 6.07) is 4.80. The van der Waals surface area contributed by atoms with Gasteiger partial charge in [0.05, 0.1) is 0 Å². The Morgan fingerprint density at radius 3 is 1.60 bits per heavy atom. The zero-order chi connectivity index (χ0) is 18.5. The molecule has 0 aliphatic carbocycles. The van der Waals surface area contributed by atoms with Crippen LogP contribution in [0, 0.1) is 0 Å². The van der Waals surface area contributed by atoms with Crippen molar-refractivity contribution in [3.63, 3.8) is 0 Å². The lowest BCUT2D eigenvalue weighted by atomic mass is 10.1. The van der Waals surface area contributed by atoms with Crippen LogP contribution in [0.5, 0.6) is 0 Å². The van der Waals surface area contributed by atoms with Crippen molar-refractivity contribution in [2.45, 2.75) is 65.2 Å². The molecule has 0 saturated heterocycles. The first-order chi connectivity index (χ1) is 12.1. The molecule has 0 aliphatic rings. The minimum Gasteiger partial charge on any atom is -0.352 e. The predicted octanol–water partition coefficient (Wildman–Crippen LogP) is 4.96. The molecule has 1 aromatic carbocycles. The van der Waals surface area contributed by atoms with E-state index in [1.54, 1.807) is 18.2 Å². The fraction of sp³-hybridized carbons (Fsp3) is 0.600. The van der Waals surface area contributed by atoms with Gasteiger partial charge in [-0.2, -0.15) is 0 Å². The summed E-state index contributed by atoms with van der Waals surface area (Å²) in [5, 5.41) is 6.17. The van der Waals surface area contributed by atoms with Crippen molar-refractivity contribution < 1.29 is 9.59 Å². The highest BCUT2D eigenvalue weighted by atomic mass is 35.5. The normalized spacial score (nSPS) is 10.5. The van der Waals surface area contributed by atoms with Crippen LogP contribution < -0.4 is 10.6 Å². The highest BCUT2D eigenvalue weighted by Gasteiger charge is 2.12. The van der Waals surface area contributed by atoms with Crippen LogP contribution in [0.15, 0.2) is 18.2 Å². The van der Waals surface area contributed by atoms with Crippen LogP contribution in [0.3, 0.4) is 0 Å². The molecule has 25 heavy (non-hydrogen) atoms.